The van der Waals surface area contributed by atoms with Gasteiger partial charge in [0.2, 0.25) is 0 Å². The quantitative estimate of drug-likeness (QED) is 0.828. The van der Waals surface area contributed by atoms with Gasteiger partial charge in [0.1, 0.15) is 6.04 Å². The fourth-order valence-corrected chi connectivity index (χ4v) is 2.82. The van der Waals surface area contributed by atoms with Crippen molar-refractivity contribution in [2.45, 2.75) is 37.6 Å². The first-order valence-electron chi connectivity index (χ1n) is 8.55. The van der Waals surface area contributed by atoms with Crippen LogP contribution in [0.1, 0.15) is 19.3 Å². The average molecular weight is 380 g/mol. The third-order valence-corrected chi connectivity index (χ3v) is 4.16. The van der Waals surface area contributed by atoms with Crippen molar-refractivity contribution in [2.75, 3.05) is 11.9 Å². The maximum atomic E-state index is 13.2. The summed E-state index contributed by atoms with van der Waals surface area (Å²) in [5.41, 5.74) is 0.993. The van der Waals surface area contributed by atoms with Gasteiger partial charge in [-0.3, -0.25) is 0 Å². The molecule has 2 atom stereocenters. The van der Waals surface area contributed by atoms with E-state index >= 15 is 0 Å². The molecule has 2 heterocycles. The van der Waals surface area contributed by atoms with Crippen molar-refractivity contribution in [1.82, 2.24) is 15.3 Å². The number of aromatic nitrogens is 2. The van der Waals surface area contributed by atoms with Gasteiger partial charge in [-0.05, 0) is 12.8 Å². The number of rotatable bonds is 5. The number of nitrogens with one attached hydrogen (secondary N) is 2. The van der Waals surface area contributed by atoms with Gasteiger partial charge in [-0.1, -0.05) is 30.3 Å². The van der Waals surface area contributed by atoms with Crippen LogP contribution in [0.3, 0.4) is 0 Å². The Hall–Kier alpha value is -2.68. The van der Waals surface area contributed by atoms with E-state index in [2.05, 4.69) is 15.3 Å². The van der Waals surface area contributed by atoms with Crippen LogP contribution in [-0.4, -0.2) is 40.9 Å². The SMILES string of the molecule is O=C(Nc1cnc(-c2ccccc2)nc1)NC(CC1CCCO1)C(F)(F)F. The molecule has 3 rings (SSSR count). The molecule has 144 valence electrons. The highest BCUT2D eigenvalue weighted by Gasteiger charge is 2.42. The molecule has 0 spiro atoms. The molecule has 1 aromatic heterocycles. The minimum absolute atomic E-state index is 0.199. The zero-order chi connectivity index (χ0) is 19.3. The van der Waals surface area contributed by atoms with Gasteiger partial charge in [-0.2, -0.15) is 13.2 Å². The van der Waals surface area contributed by atoms with Gasteiger partial charge in [0.15, 0.2) is 5.82 Å². The Kier molecular flexibility index (Phi) is 5.90. The molecule has 6 nitrogen and oxygen atoms in total. The van der Waals surface area contributed by atoms with Gasteiger partial charge in [0, 0.05) is 18.6 Å². The van der Waals surface area contributed by atoms with E-state index in [4.69, 9.17) is 4.74 Å². The Morgan fingerprint density at radius 2 is 1.93 bits per heavy atom. The van der Waals surface area contributed by atoms with E-state index in [0.29, 0.717) is 18.9 Å². The number of benzene rings is 1. The molecule has 1 aliphatic heterocycles. The first-order valence-corrected chi connectivity index (χ1v) is 8.55. The zero-order valence-electron chi connectivity index (χ0n) is 14.4. The normalized spacial score (nSPS) is 18.1. The second-order valence-corrected chi connectivity index (χ2v) is 6.22. The highest BCUT2D eigenvalue weighted by Crippen LogP contribution is 2.27. The minimum Gasteiger partial charge on any atom is -0.378 e. The molecule has 2 unspecified atom stereocenters. The van der Waals surface area contributed by atoms with Crippen molar-refractivity contribution < 1.29 is 22.7 Å². The topological polar surface area (TPSA) is 76.1 Å². The number of ether oxygens (including phenoxy) is 1. The summed E-state index contributed by atoms with van der Waals surface area (Å²) in [5, 5.41) is 4.30. The summed E-state index contributed by atoms with van der Waals surface area (Å²) in [7, 11) is 0. The van der Waals surface area contributed by atoms with Gasteiger partial charge in [0.25, 0.3) is 0 Å². The predicted molar refractivity (Wildman–Crippen MR) is 93.1 cm³/mol. The minimum atomic E-state index is -4.56. The summed E-state index contributed by atoms with van der Waals surface area (Å²) in [6.07, 6.45) is -1.38. The van der Waals surface area contributed by atoms with E-state index in [-0.39, 0.29) is 12.1 Å². The molecule has 0 bridgehead atoms. The highest BCUT2D eigenvalue weighted by atomic mass is 19.4. The number of carbonyl (C=O) groups is 1. The fourth-order valence-electron chi connectivity index (χ4n) is 2.82. The van der Waals surface area contributed by atoms with Crippen LogP contribution in [0.4, 0.5) is 23.7 Å². The monoisotopic (exact) mass is 380 g/mol. The van der Waals surface area contributed by atoms with Crippen molar-refractivity contribution in [3.63, 3.8) is 0 Å². The number of urea groups is 1. The van der Waals surface area contributed by atoms with Gasteiger partial charge >= 0.3 is 12.2 Å². The number of anilines is 1. The van der Waals surface area contributed by atoms with Gasteiger partial charge in [0.05, 0.1) is 24.2 Å². The first-order chi connectivity index (χ1) is 12.9. The van der Waals surface area contributed by atoms with Crippen LogP contribution >= 0.6 is 0 Å². The molecule has 2 aromatic rings. The van der Waals surface area contributed by atoms with Crippen LogP contribution in [0, 0.1) is 0 Å². The number of nitrogens with zero attached hydrogens (tertiary/aromatic N) is 2. The molecule has 0 aliphatic carbocycles. The second-order valence-electron chi connectivity index (χ2n) is 6.22. The van der Waals surface area contributed by atoms with Gasteiger partial charge < -0.3 is 15.4 Å². The van der Waals surface area contributed by atoms with Crippen molar-refractivity contribution in [1.29, 1.82) is 0 Å². The number of carbonyl (C=O) groups excluding carboxylic acids is 1. The maximum absolute atomic E-state index is 13.2. The third-order valence-electron chi connectivity index (χ3n) is 4.16. The molecule has 2 N–H and O–H groups in total. The molecule has 0 saturated carbocycles. The molecule has 27 heavy (non-hydrogen) atoms. The van der Waals surface area contributed by atoms with Crippen LogP contribution in [-0.2, 0) is 4.74 Å². The van der Waals surface area contributed by atoms with Crippen molar-refractivity contribution in [3.05, 3.63) is 42.7 Å². The van der Waals surface area contributed by atoms with Crippen LogP contribution in [0.2, 0.25) is 0 Å². The molecule has 1 saturated heterocycles. The van der Waals surface area contributed by atoms with Gasteiger partial charge in [-0.15, -0.1) is 0 Å². The summed E-state index contributed by atoms with van der Waals surface area (Å²) in [5.74, 6) is 0.452. The summed E-state index contributed by atoms with van der Waals surface area (Å²) < 4.78 is 44.8. The molecular formula is C18H19F3N4O2. The Morgan fingerprint density at radius 3 is 2.52 bits per heavy atom. The van der Waals surface area contributed by atoms with E-state index in [1.165, 1.54) is 12.4 Å². The fraction of sp³-hybridized carbons (Fsp3) is 0.389. The standard InChI is InChI=1S/C18H19F3N4O2/c19-18(20,21)15(9-14-7-4-8-27-14)25-17(26)24-13-10-22-16(23-11-13)12-5-2-1-3-6-12/h1-3,5-6,10-11,14-15H,4,7-9H2,(H2,24,25,26). The summed E-state index contributed by atoms with van der Waals surface area (Å²) in [6, 6.07) is 6.24. The lowest BCUT2D eigenvalue weighted by atomic mass is 10.1. The van der Waals surface area contributed by atoms with Crippen LogP contribution in [0.5, 0.6) is 0 Å². The summed E-state index contributed by atoms with van der Waals surface area (Å²) >= 11 is 0. The summed E-state index contributed by atoms with van der Waals surface area (Å²) in [4.78, 5) is 20.2. The molecular weight excluding hydrogens is 361 g/mol. The van der Waals surface area contributed by atoms with Crippen LogP contribution < -0.4 is 10.6 Å². The van der Waals surface area contributed by atoms with Crippen molar-refractivity contribution in [3.8, 4) is 11.4 Å². The molecule has 9 heteroatoms. The lowest BCUT2D eigenvalue weighted by Gasteiger charge is -2.24. The Balaban J connectivity index is 1.59. The molecule has 1 aliphatic rings. The Bertz CT molecular complexity index is 747. The van der Waals surface area contributed by atoms with Crippen LogP contribution in [0.15, 0.2) is 42.7 Å². The van der Waals surface area contributed by atoms with Crippen molar-refractivity contribution >= 4 is 11.7 Å². The van der Waals surface area contributed by atoms with E-state index in [1.54, 1.807) is 0 Å². The Labute approximate surface area is 154 Å². The van der Waals surface area contributed by atoms with Crippen LogP contribution in [0.25, 0.3) is 11.4 Å². The molecule has 0 radical (unpaired) electrons. The maximum Gasteiger partial charge on any atom is 0.408 e. The highest BCUT2D eigenvalue weighted by molar-refractivity contribution is 5.89. The third kappa shape index (κ3) is 5.40. The van der Waals surface area contributed by atoms with E-state index in [0.717, 1.165) is 12.0 Å². The summed E-state index contributed by atoms with van der Waals surface area (Å²) in [6.45, 7) is 0.451. The van der Waals surface area contributed by atoms with E-state index < -0.39 is 24.4 Å². The van der Waals surface area contributed by atoms with E-state index in [1.807, 2.05) is 35.6 Å². The number of hydrogen-bond donors (Lipinski definition) is 2. The van der Waals surface area contributed by atoms with Crippen molar-refractivity contribution in [2.24, 2.45) is 0 Å². The Morgan fingerprint density at radius 1 is 1.22 bits per heavy atom. The number of hydrogen-bond acceptors (Lipinski definition) is 4. The largest absolute Gasteiger partial charge is 0.408 e. The molecule has 1 aromatic carbocycles. The number of alkyl halides is 3. The zero-order valence-corrected chi connectivity index (χ0v) is 14.4. The molecule has 2 amide bonds. The smallest absolute Gasteiger partial charge is 0.378 e. The number of amides is 2. The molecule has 1 fully saturated rings. The van der Waals surface area contributed by atoms with Gasteiger partial charge in [-0.25, -0.2) is 14.8 Å². The lowest BCUT2D eigenvalue weighted by Crippen LogP contribution is -2.48. The number of halogens is 3. The lowest BCUT2D eigenvalue weighted by molar-refractivity contribution is -0.159. The first kappa shape index (κ1) is 19.1. The predicted octanol–water partition coefficient (Wildman–Crippen LogP) is 3.77. The second kappa shape index (κ2) is 8.34. The van der Waals surface area contributed by atoms with E-state index in [9.17, 15) is 18.0 Å². The average Bonchev–Trinajstić information content (AvgIpc) is 3.15.